The maximum absolute atomic E-state index is 6.04. The first-order valence-corrected chi connectivity index (χ1v) is 5.84. The molecule has 84 valence electrons. The summed E-state index contributed by atoms with van der Waals surface area (Å²) in [4.78, 5) is 4.69. The fraction of sp³-hybridized carbons (Fsp3) is 1.00. The zero-order valence-electron chi connectivity index (χ0n) is 9.71. The maximum Gasteiger partial charge on any atom is 0.0571 e. The molecule has 0 radical (unpaired) electrons. The Morgan fingerprint density at radius 1 is 1.29 bits per heavy atom. The summed E-state index contributed by atoms with van der Waals surface area (Å²) in [6.07, 6.45) is 6.75. The zero-order valence-corrected chi connectivity index (χ0v) is 9.71. The first-order valence-electron chi connectivity index (χ1n) is 5.84. The lowest BCUT2D eigenvalue weighted by Gasteiger charge is -2.33. The SMILES string of the molecule is CN(C)CCCCN1CCCCC1N. The van der Waals surface area contributed by atoms with Crippen LogP contribution in [0.5, 0.6) is 0 Å². The average Bonchev–Trinajstić information content (AvgIpc) is 2.15. The molecule has 1 fully saturated rings. The van der Waals surface area contributed by atoms with E-state index in [-0.39, 0.29) is 0 Å². The Morgan fingerprint density at radius 2 is 2.07 bits per heavy atom. The molecule has 3 heteroatoms. The molecule has 1 heterocycles. The van der Waals surface area contributed by atoms with Gasteiger partial charge in [-0.1, -0.05) is 0 Å². The highest BCUT2D eigenvalue weighted by Crippen LogP contribution is 2.13. The smallest absolute Gasteiger partial charge is 0.0571 e. The van der Waals surface area contributed by atoms with Crippen LogP contribution in [0.3, 0.4) is 0 Å². The van der Waals surface area contributed by atoms with Gasteiger partial charge in [-0.05, 0) is 65.8 Å². The van der Waals surface area contributed by atoms with Gasteiger partial charge in [0.2, 0.25) is 0 Å². The van der Waals surface area contributed by atoms with Crippen molar-refractivity contribution in [3.8, 4) is 0 Å². The van der Waals surface area contributed by atoms with Crippen molar-refractivity contribution >= 4 is 0 Å². The van der Waals surface area contributed by atoms with Crippen molar-refractivity contribution in [3.05, 3.63) is 0 Å². The van der Waals surface area contributed by atoms with Crippen molar-refractivity contribution < 1.29 is 0 Å². The number of nitrogens with zero attached hydrogens (tertiary/aromatic N) is 2. The molecular weight excluding hydrogens is 174 g/mol. The van der Waals surface area contributed by atoms with E-state index in [1.54, 1.807) is 0 Å². The molecule has 1 rings (SSSR count). The highest BCUT2D eigenvalue weighted by molar-refractivity contribution is 4.71. The molecule has 0 aliphatic carbocycles. The van der Waals surface area contributed by atoms with E-state index in [1.165, 1.54) is 51.7 Å². The molecule has 3 nitrogen and oxygen atoms in total. The van der Waals surface area contributed by atoms with Crippen molar-refractivity contribution in [2.75, 3.05) is 33.7 Å². The highest BCUT2D eigenvalue weighted by atomic mass is 15.2. The fourth-order valence-corrected chi connectivity index (χ4v) is 2.04. The van der Waals surface area contributed by atoms with Crippen LogP contribution in [0.25, 0.3) is 0 Å². The summed E-state index contributed by atoms with van der Waals surface area (Å²) >= 11 is 0. The van der Waals surface area contributed by atoms with Crippen molar-refractivity contribution in [1.29, 1.82) is 0 Å². The molecule has 1 aliphatic rings. The van der Waals surface area contributed by atoms with Gasteiger partial charge in [-0.15, -0.1) is 0 Å². The summed E-state index contributed by atoms with van der Waals surface area (Å²) < 4.78 is 0. The number of nitrogens with two attached hydrogens (primary N) is 1. The summed E-state index contributed by atoms with van der Waals surface area (Å²) in [5, 5.41) is 0. The standard InChI is InChI=1S/C11H25N3/c1-13(2)8-5-6-10-14-9-4-3-7-11(14)12/h11H,3-10,12H2,1-2H3. The highest BCUT2D eigenvalue weighted by Gasteiger charge is 2.17. The van der Waals surface area contributed by atoms with E-state index in [0.29, 0.717) is 6.17 Å². The lowest BCUT2D eigenvalue weighted by Crippen LogP contribution is -2.45. The molecular formula is C11H25N3. The molecule has 0 aromatic carbocycles. The third-order valence-corrected chi connectivity index (χ3v) is 2.96. The minimum Gasteiger partial charge on any atom is -0.316 e. The second-order valence-corrected chi connectivity index (χ2v) is 4.61. The Morgan fingerprint density at radius 3 is 2.71 bits per heavy atom. The van der Waals surface area contributed by atoms with Gasteiger partial charge in [0.15, 0.2) is 0 Å². The number of piperidine rings is 1. The second-order valence-electron chi connectivity index (χ2n) is 4.61. The predicted molar refractivity (Wildman–Crippen MR) is 61.2 cm³/mol. The normalized spacial score (nSPS) is 24.4. The van der Waals surface area contributed by atoms with Crippen LogP contribution in [0, 0.1) is 0 Å². The van der Waals surface area contributed by atoms with Crippen molar-refractivity contribution in [2.45, 2.75) is 38.3 Å². The van der Waals surface area contributed by atoms with Crippen LogP contribution >= 0.6 is 0 Å². The van der Waals surface area contributed by atoms with E-state index >= 15 is 0 Å². The molecule has 0 amide bonds. The van der Waals surface area contributed by atoms with Crippen molar-refractivity contribution in [3.63, 3.8) is 0 Å². The number of hydrogen-bond acceptors (Lipinski definition) is 3. The van der Waals surface area contributed by atoms with Crippen LogP contribution in [0.4, 0.5) is 0 Å². The van der Waals surface area contributed by atoms with Gasteiger partial charge in [-0.2, -0.15) is 0 Å². The molecule has 0 saturated carbocycles. The van der Waals surface area contributed by atoms with Gasteiger partial charge in [-0.25, -0.2) is 0 Å². The van der Waals surface area contributed by atoms with Gasteiger partial charge in [0.05, 0.1) is 6.17 Å². The lowest BCUT2D eigenvalue weighted by molar-refractivity contribution is 0.148. The molecule has 1 atom stereocenters. The summed E-state index contributed by atoms with van der Waals surface area (Å²) in [5.41, 5.74) is 6.04. The van der Waals surface area contributed by atoms with Crippen molar-refractivity contribution in [1.82, 2.24) is 9.80 Å². The summed E-state index contributed by atoms with van der Waals surface area (Å²) in [6.45, 7) is 3.60. The van der Waals surface area contributed by atoms with Gasteiger partial charge >= 0.3 is 0 Å². The Bertz CT molecular complexity index is 147. The van der Waals surface area contributed by atoms with Crippen LogP contribution in [-0.2, 0) is 0 Å². The first kappa shape index (κ1) is 12.0. The topological polar surface area (TPSA) is 32.5 Å². The quantitative estimate of drug-likeness (QED) is 0.673. The fourth-order valence-electron chi connectivity index (χ4n) is 2.04. The molecule has 0 aromatic rings. The van der Waals surface area contributed by atoms with Gasteiger partial charge in [0.25, 0.3) is 0 Å². The first-order chi connectivity index (χ1) is 6.70. The third-order valence-electron chi connectivity index (χ3n) is 2.96. The second kappa shape index (κ2) is 6.38. The van der Waals surface area contributed by atoms with Gasteiger partial charge in [0, 0.05) is 0 Å². The van der Waals surface area contributed by atoms with Gasteiger partial charge in [0.1, 0.15) is 0 Å². The van der Waals surface area contributed by atoms with E-state index in [1.807, 2.05) is 0 Å². The minimum atomic E-state index is 0.336. The van der Waals surface area contributed by atoms with Crippen LogP contribution < -0.4 is 5.73 Å². The van der Waals surface area contributed by atoms with E-state index < -0.39 is 0 Å². The van der Waals surface area contributed by atoms with Crippen molar-refractivity contribution in [2.24, 2.45) is 5.73 Å². The lowest BCUT2D eigenvalue weighted by atomic mass is 10.1. The third kappa shape index (κ3) is 4.40. The molecule has 14 heavy (non-hydrogen) atoms. The van der Waals surface area contributed by atoms with Gasteiger partial charge < -0.3 is 10.6 Å². The van der Waals surface area contributed by atoms with Gasteiger partial charge in [-0.3, -0.25) is 4.90 Å². The van der Waals surface area contributed by atoms with E-state index in [4.69, 9.17) is 5.73 Å². The van der Waals surface area contributed by atoms with E-state index in [2.05, 4.69) is 23.9 Å². The number of rotatable bonds is 5. The summed E-state index contributed by atoms with van der Waals surface area (Å²) in [6, 6.07) is 0. The van der Waals surface area contributed by atoms with E-state index in [0.717, 1.165) is 0 Å². The molecule has 2 N–H and O–H groups in total. The summed E-state index contributed by atoms with van der Waals surface area (Å²) in [7, 11) is 4.26. The molecule has 1 saturated heterocycles. The maximum atomic E-state index is 6.04. The van der Waals surface area contributed by atoms with Crippen LogP contribution in [-0.4, -0.2) is 49.7 Å². The largest absolute Gasteiger partial charge is 0.316 e. The van der Waals surface area contributed by atoms with E-state index in [9.17, 15) is 0 Å². The monoisotopic (exact) mass is 199 g/mol. The molecule has 1 unspecified atom stereocenters. The number of hydrogen-bond donors (Lipinski definition) is 1. The molecule has 1 aliphatic heterocycles. The predicted octanol–water partition coefficient (Wildman–Crippen LogP) is 1.10. The Kier molecular flexibility index (Phi) is 5.45. The minimum absolute atomic E-state index is 0.336. The molecule has 0 aromatic heterocycles. The van der Waals surface area contributed by atoms with Crippen LogP contribution in [0.2, 0.25) is 0 Å². The Labute approximate surface area is 88.2 Å². The zero-order chi connectivity index (χ0) is 10.4. The molecule has 0 bridgehead atoms. The van der Waals surface area contributed by atoms with Crippen LogP contribution in [0.15, 0.2) is 0 Å². The Hall–Kier alpha value is -0.120. The average molecular weight is 199 g/mol. The van der Waals surface area contributed by atoms with Crippen LogP contribution in [0.1, 0.15) is 32.1 Å². The number of unbranched alkanes of at least 4 members (excludes halogenated alkanes) is 1. The summed E-state index contributed by atoms with van der Waals surface area (Å²) in [5.74, 6) is 0. The number of likely N-dealkylation sites (tertiary alicyclic amines) is 1. The molecule has 0 spiro atoms. The Balaban J connectivity index is 2.04.